The predicted molar refractivity (Wildman–Crippen MR) is 99.1 cm³/mol. The number of nitrogens with two attached hydrogens (primary N) is 2. The maximum atomic E-state index is 13.5. The number of aliphatic imine (C=N–C) groups is 1. The van der Waals surface area contributed by atoms with E-state index >= 15 is 0 Å². The number of halogens is 1. The van der Waals surface area contributed by atoms with Gasteiger partial charge in [0.1, 0.15) is 5.84 Å². The molecule has 9 nitrogen and oxygen atoms in total. The van der Waals surface area contributed by atoms with Crippen molar-refractivity contribution >= 4 is 17.4 Å². The number of nitrogens with one attached hydrogen (secondary N) is 2. The van der Waals surface area contributed by atoms with Crippen molar-refractivity contribution in [3.8, 4) is 5.88 Å². The summed E-state index contributed by atoms with van der Waals surface area (Å²) in [6.45, 7) is 2.00. The maximum absolute atomic E-state index is 13.5. The lowest BCUT2D eigenvalue weighted by molar-refractivity contribution is -0.114. The molecule has 6 N–H and O–H groups in total. The fraction of sp³-hybridized carbons (Fsp3) is 0.471. The minimum Gasteiger partial charge on any atom is -0.481 e. The molecule has 0 saturated carbocycles. The molecule has 1 aromatic heterocycles. The van der Waals surface area contributed by atoms with Gasteiger partial charge in [-0.05, 0) is 25.9 Å². The van der Waals surface area contributed by atoms with Crippen molar-refractivity contribution < 1.29 is 18.7 Å². The van der Waals surface area contributed by atoms with Crippen LogP contribution in [0.15, 0.2) is 28.9 Å². The molecule has 0 spiro atoms. The number of hydrogen-bond donors (Lipinski definition) is 4. The first-order chi connectivity index (χ1) is 12.9. The van der Waals surface area contributed by atoms with Crippen molar-refractivity contribution in [3.05, 3.63) is 29.9 Å². The molecule has 1 unspecified atom stereocenters. The number of primary amides is 1. The van der Waals surface area contributed by atoms with Gasteiger partial charge in [-0.15, -0.1) is 0 Å². The molecule has 2 rings (SSSR count). The summed E-state index contributed by atoms with van der Waals surface area (Å²) >= 11 is 0. The van der Waals surface area contributed by atoms with Gasteiger partial charge in [0.05, 0.1) is 31.0 Å². The van der Waals surface area contributed by atoms with Crippen molar-refractivity contribution in [1.29, 1.82) is 0 Å². The molecular formula is C17H25FN6O3. The molecule has 148 valence electrons. The van der Waals surface area contributed by atoms with Crippen LogP contribution in [0.25, 0.3) is 0 Å². The zero-order chi connectivity index (χ0) is 19.8. The average Bonchev–Trinajstić information content (AvgIpc) is 2.62. The van der Waals surface area contributed by atoms with E-state index in [4.69, 9.17) is 20.9 Å². The Kier molecular flexibility index (Phi) is 7.50. The van der Waals surface area contributed by atoms with Crippen LogP contribution in [0.1, 0.15) is 6.42 Å². The van der Waals surface area contributed by atoms with E-state index in [0.29, 0.717) is 19.1 Å². The maximum Gasteiger partial charge on any atom is 0.253 e. The normalized spacial score (nSPS) is 21.0. The first kappa shape index (κ1) is 20.6. The second kappa shape index (κ2) is 9.83. The van der Waals surface area contributed by atoms with E-state index in [1.54, 1.807) is 0 Å². The number of amides is 1. The molecule has 1 aromatic rings. The Morgan fingerprint density at radius 3 is 2.96 bits per heavy atom. The first-order valence-corrected chi connectivity index (χ1v) is 8.49. The smallest absolute Gasteiger partial charge is 0.253 e. The van der Waals surface area contributed by atoms with E-state index < -0.39 is 11.9 Å². The van der Waals surface area contributed by atoms with E-state index in [0.717, 1.165) is 19.0 Å². The molecule has 0 aromatic carbocycles. The van der Waals surface area contributed by atoms with Crippen LogP contribution in [0.5, 0.6) is 5.88 Å². The topological polar surface area (TPSA) is 137 Å². The number of carbonyl (C=O) groups is 1. The highest BCUT2D eigenvalue weighted by molar-refractivity contribution is 6.20. The minimum atomic E-state index is -0.780. The van der Waals surface area contributed by atoms with Crippen molar-refractivity contribution in [3.63, 3.8) is 0 Å². The summed E-state index contributed by atoms with van der Waals surface area (Å²) in [4.78, 5) is 19.4. The van der Waals surface area contributed by atoms with Crippen molar-refractivity contribution in [2.45, 2.75) is 12.5 Å². The molecule has 1 amide bonds. The third-order valence-corrected chi connectivity index (χ3v) is 4.16. The van der Waals surface area contributed by atoms with E-state index in [-0.39, 0.29) is 29.0 Å². The third-order valence-electron chi connectivity index (χ3n) is 4.16. The molecule has 27 heavy (non-hydrogen) atoms. The largest absolute Gasteiger partial charge is 0.481 e. The van der Waals surface area contributed by atoms with Crippen LogP contribution in [-0.2, 0) is 9.53 Å². The van der Waals surface area contributed by atoms with Gasteiger partial charge in [-0.3, -0.25) is 4.79 Å². The van der Waals surface area contributed by atoms with Gasteiger partial charge in [0.25, 0.3) is 5.91 Å². The molecular weight excluding hydrogens is 355 g/mol. The summed E-state index contributed by atoms with van der Waals surface area (Å²) in [6.07, 6.45) is 2.32. The lowest BCUT2D eigenvalue weighted by Crippen LogP contribution is -2.45. The first-order valence-electron chi connectivity index (χ1n) is 8.49. The van der Waals surface area contributed by atoms with E-state index in [2.05, 4.69) is 20.6 Å². The van der Waals surface area contributed by atoms with Crippen LogP contribution in [0.3, 0.4) is 0 Å². The summed E-state index contributed by atoms with van der Waals surface area (Å²) in [5.41, 5.74) is 11.5. The second-order valence-electron chi connectivity index (χ2n) is 6.06. The van der Waals surface area contributed by atoms with E-state index in [9.17, 15) is 9.18 Å². The number of amidine groups is 1. The van der Waals surface area contributed by atoms with Gasteiger partial charge in [0.15, 0.2) is 0 Å². The Morgan fingerprint density at radius 2 is 2.30 bits per heavy atom. The second-order valence-corrected chi connectivity index (χ2v) is 6.06. The quantitative estimate of drug-likeness (QED) is 0.212. The molecule has 0 aliphatic carbocycles. The van der Waals surface area contributed by atoms with Gasteiger partial charge >= 0.3 is 0 Å². The predicted octanol–water partition coefficient (Wildman–Crippen LogP) is -0.199. The van der Waals surface area contributed by atoms with Crippen LogP contribution < -0.4 is 26.8 Å². The lowest BCUT2D eigenvalue weighted by atomic mass is 9.95. The fourth-order valence-electron chi connectivity index (χ4n) is 2.76. The average molecular weight is 380 g/mol. The van der Waals surface area contributed by atoms with E-state index in [1.807, 2.05) is 7.05 Å². The molecule has 0 bridgehead atoms. The molecule has 1 fully saturated rings. The summed E-state index contributed by atoms with van der Waals surface area (Å²) in [5.74, 6) is -1.32. The standard InChI is InChI=1S/C17H25FN6O3/c1-21-7-10-3-4-27-9-13(10)22-8-12(17(20)25)16(19)23-11-5-14(18)24-15(6-11)26-2/h5-6,8,10,13,21-22H,3-4,7,9H2,1-2H3,(H2,20,25)(H2,19,23,24)/b12-8+/t10-,13?/m1/s1. The number of carbonyl (C=O) groups excluding carboxylic acids is 1. The SMILES string of the molecule is CNC[C@H]1CCOCC1N/C=C(/C(N)=O)C(N)=Nc1cc(F)nc(OC)c1. The van der Waals surface area contributed by atoms with Gasteiger partial charge in [-0.25, -0.2) is 4.99 Å². The Hall–Kier alpha value is -2.72. The van der Waals surface area contributed by atoms with Gasteiger partial charge in [-0.1, -0.05) is 0 Å². The molecule has 10 heteroatoms. The van der Waals surface area contributed by atoms with Crippen LogP contribution in [0.4, 0.5) is 10.1 Å². The highest BCUT2D eigenvalue weighted by atomic mass is 19.1. The summed E-state index contributed by atoms with van der Waals surface area (Å²) in [5, 5.41) is 6.28. The Bertz CT molecular complexity index is 723. The number of aromatic nitrogens is 1. The number of nitrogens with zero attached hydrogens (tertiary/aromatic N) is 2. The Labute approximate surface area is 157 Å². The van der Waals surface area contributed by atoms with E-state index in [1.165, 1.54) is 19.4 Å². The zero-order valence-electron chi connectivity index (χ0n) is 15.4. The van der Waals surface area contributed by atoms with Crippen molar-refractivity contribution in [2.24, 2.45) is 22.4 Å². The summed E-state index contributed by atoms with van der Waals surface area (Å²) in [7, 11) is 3.23. The minimum absolute atomic E-state index is 0.00758. The van der Waals surface area contributed by atoms with Crippen LogP contribution in [0, 0.1) is 11.9 Å². The van der Waals surface area contributed by atoms with Crippen LogP contribution >= 0.6 is 0 Å². The molecule has 0 radical (unpaired) electrons. The molecule has 2 atom stereocenters. The monoisotopic (exact) mass is 380 g/mol. The number of pyridine rings is 1. The van der Waals surface area contributed by atoms with Gasteiger partial charge in [0, 0.05) is 24.9 Å². The fourth-order valence-corrected chi connectivity index (χ4v) is 2.76. The Balaban J connectivity index is 2.21. The van der Waals surface area contributed by atoms with Crippen LogP contribution in [-0.4, -0.2) is 56.7 Å². The third kappa shape index (κ3) is 5.90. The van der Waals surface area contributed by atoms with Gasteiger partial charge in [-0.2, -0.15) is 9.37 Å². The number of hydrogen-bond acceptors (Lipinski definition) is 7. The van der Waals surface area contributed by atoms with Crippen molar-refractivity contribution in [2.75, 3.05) is 33.9 Å². The molecule has 1 aliphatic heterocycles. The highest BCUT2D eigenvalue weighted by Crippen LogP contribution is 2.20. The summed E-state index contributed by atoms with van der Waals surface area (Å²) < 4.78 is 23.9. The van der Waals surface area contributed by atoms with Crippen LogP contribution in [0.2, 0.25) is 0 Å². The van der Waals surface area contributed by atoms with Crippen molar-refractivity contribution in [1.82, 2.24) is 15.6 Å². The number of ether oxygens (including phenoxy) is 2. The molecule has 2 heterocycles. The molecule has 1 aliphatic rings. The van der Waals surface area contributed by atoms with Gasteiger partial charge < -0.3 is 31.6 Å². The van der Waals surface area contributed by atoms with Gasteiger partial charge in [0.2, 0.25) is 11.8 Å². The highest BCUT2D eigenvalue weighted by Gasteiger charge is 2.24. The Morgan fingerprint density at radius 1 is 1.52 bits per heavy atom. The number of methoxy groups -OCH3 is 1. The lowest BCUT2D eigenvalue weighted by Gasteiger charge is -2.31. The zero-order valence-corrected chi connectivity index (χ0v) is 15.4. The molecule has 1 saturated heterocycles. The number of rotatable bonds is 8. The summed E-state index contributed by atoms with van der Waals surface area (Å²) in [6, 6.07) is 2.45.